The third-order valence-electron chi connectivity index (χ3n) is 2.98. The average molecular weight is 359 g/mol. The van der Waals surface area contributed by atoms with Gasteiger partial charge < -0.3 is 5.32 Å². The largest absolute Gasteiger partial charge is 0.306 e. The van der Waals surface area contributed by atoms with Crippen molar-refractivity contribution < 1.29 is 0 Å². The Morgan fingerprint density at radius 3 is 2.63 bits per heavy atom. The summed E-state index contributed by atoms with van der Waals surface area (Å²) in [6.07, 6.45) is 0. The molecule has 2 aromatic carbocycles. The fourth-order valence-corrected chi connectivity index (χ4v) is 2.89. The Morgan fingerprint density at radius 1 is 1.16 bits per heavy atom. The highest BCUT2D eigenvalue weighted by atomic mass is 79.9. The lowest BCUT2D eigenvalue weighted by molar-refractivity contribution is 0.573. The Bertz CT molecular complexity index is 572. The minimum Gasteiger partial charge on any atom is -0.306 e. The highest BCUT2D eigenvalue weighted by Crippen LogP contribution is 2.25. The average Bonchev–Trinajstić information content (AvgIpc) is 2.40. The quantitative estimate of drug-likeness (QED) is 0.749. The maximum absolute atomic E-state index is 6.15. The smallest absolute Gasteiger partial charge is 0.0451 e. The van der Waals surface area contributed by atoms with E-state index in [1.807, 2.05) is 30.3 Å². The van der Waals surface area contributed by atoms with Crippen molar-refractivity contribution in [2.45, 2.75) is 19.5 Å². The second kappa shape index (κ2) is 6.76. The highest BCUT2D eigenvalue weighted by molar-refractivity contribution is 9.10. The minimum atomic E-state index is 0.227. The van der Waals surface area contributed by atoms with Gasteiger partial charge in [-0.2, -0.15) is 0 Å². The maximum atomic E-state index is 6.15. The van der Waals surface area contributed by atoms with Gasteiger partial charge in [0.05, 0.1) is 0 Å². The van der Waals surface area contributed by atoms with Gasteiger partial charge in [-0.25, -0.2) is 0 Å². The van der Waals surface area contributed by atoms with Gasteiger partial charge in [-0.1, -0.05) is 57.3 Å². The highest BCUT2D eigenvalue weighted by Gasteiger charge is 2.09. The van der Waals surface area contributed by atoms with Crippen LogP contribution in [0.4, 0.5) is 0 Å². The Morgan fingerprint density at radius 2 is 1.89 bits per heavy atom. The first-order valence-corrected chi connectivity index (χ1v) is 7.54. The van der Waals surface area contributed by atoms with Gasteiger partial charge in [0, 0.05) is 27.1 Å². The van der Waals surface area contributed by atoms with E-state index in [2.05, 4.69) is 34.2 Å². The van der Waals surface area contributed by atoms with Crippen molar-refractivity contribution in [3.8, 4) is 0 Å². The molecule has 2 aromatic rings. The molecular formula is C15H14BrCl2N. The van der Waals surface area contributed by atoms with Gasteiger partial charge in [-0.15, -0.1) is 0 Å². The second-order valence-corrected chi connectivity index (χ2v) is 6.06. The monoisotopic (exact) mass is 357 g/mol. The standard InChI is InChI=1S/C15H14BrCl2N/c1-10(13-4-2-3-5-14(13)16)19-9-11-8-12(17)6-7-15(11)18/h2-8,10,19H,9H2,1H3/t10-/m1/s1. The molecule has 4 heteroatoms. The predicted molar refractivity (Wildman–Crippen MR) is 85.9 cm³/mol. The van der Waals surface area contributed by atoms with Crippen LogP contribution in [-0.2, 0) is 6.54 Å². The van der Waals surface area contributed by atoms with E-state index < -0.39 is 0 Å². The first-order chi connectivity index (χ1) is 9.08. The van der Waals surface area contributed by atoms with Crippen LogP contribution in [0, 0.1) is 0 Å². The summed E-state index contributed by atoms with van der Waals surface area (Å²) in [5, 5.41) is 4.89. The van der Waals surface area contributed by atoms with Crippen molar-refractivity contribution in [2.24, 2.45) is 0 Å². The summed E-state index contributed by atoms with van der Waals surface area (Å²) in [7, 11) is 0. The molecule has 1 nitrogen and oxygen atoms in total. The molecule has 0 aliphatic heterocycles. The first-order valence-electron chi connectivity index (χ1n) is 5.99. The Hall–Kier alpha value is -0.540. The minimum absolute atomic E-state index is 0.227. The van der Waals surface area contributed by atoms with Crippen LogP contribution in [0.15, 0.2) is 46.9 Å². The van der Waals surface area contributed by atoms with Crippen molar-refractivity contribution in [1.82, 2.24) is 5.32 Å². The van der Waals surface area contributed by atoms with Crippen molar-refractivity contribution in [3.63, 3.8) is 0 Å². The molecule has 0 aliphatic rings. The topological polar surface area (TPSA) is 12.0 Å². The van der Waals surface area contributed by atoms with Crippen LogP contribution >= 0.6 is 39.1 Å². The molecule has 0 fully saturated rings. The van der Waals surface area contributed by atoms with Crippen LogP contribution in [0.1, 0.15) is 24.1 Å². The maximum Gasteiger partial charge on any atom is 0.0451 e. The van der Waals surface area contributed by atoms with Crippen LogP contribution in [0.25, 0.3) is 0 Å². The summed E-state index contributed by atoms with van der Waals surface area (Å²) in [5.41, 5.74) is 2.23. The van der Waals surface area contributed by atoms with Crippen LogP contribution in [0.2, 0.25) is 10.0 Å². The molecule has 0 saturated carbocycles. The van der Waals surface area contributed by atoms with E-state index in [1.54, 1.807) is 6.07 Å². The lowest BCUT2D eigenvalue weighted by atomic mass is 10.1. The third kappa shape index (κ3) is 3.96. The fraction of sp³-hybridized carbons (Fsp3) is 0.200. The molecule has 0 spiro atoms. The molecule has 0 saturated heterocycles. The van der Waals surface area contributed by atoms with Gasteiger partial charge in [0.2, 0.25) is 0 Å². The Labute approximate surface area is 132 Å². The summed E-state index contributed by atoms with van der Waals surface area (Å²) in [5.74, 6) is 0. The van der Waals surface area contributed by atoms with E-state index in [0.717, 1.165) is 15.1 Å². The van der Waals surface area contributed by atoms with Crippen molar-refractivity contribution in [2.75, 3.05) is 0 Å². The molecule has 100 valence electrons. The van der Waals surface area contributed by atoms with Crippen LogP contribution in [0.5, 0.6) is 0 Å². The van der Waals surface area contributed by atoms with E-state index in [0.29, 0.717) is 11.6 Å². The number of halogens is 3. The second-order valence-electron chi connectivity index (χ2n) is 4.36. The number of benzene rings is 2. The van der Waals surface area contributed by atoms with Crippen molar-refractivity contribution in [1.29, 1.82) is 0 Å². The van der Waals surface area contributed by atoms with Crippen LogP contribution in [0.3, 0.4) is 0 Å². The van der Waals surface area contributed by atoms with E-state index in [9.17, 15) is 0 Å². The Balaban J connectivity index is 2.06. The van der Waals surface area contributed by atoms with Gasteiger partial charge in [0.15, 0.2) is 0 Å². The zero-order valence-corrected chi connectivity index (χ0v) is 13.6. The number of rotatable bonds is 4. The molecule has 0 heterocycles. The SMILES string of the molecule is C[C@@H](NCc1cc(Cl)ccc1Cl)c1ccccc1Br. The van der Waals surface area contributed by atoms with Gasteiger partial charge in [-0.3, -0.25) is 0 Å². The third-order valence-corrected chi connectivity index (χ3v) is 4.30. The summed E-state index contributed by atoms with van der Waals surface area (Å²) in [6.45, 7) is 2.81. The number of hydrogen-bond acceptors (Lipinski definition) is 1. The predicted octanol–water partition coefficient (Wildman–Crippen LogP) is 5.61. The molecule has 0 amide bonds. The number of hydrogen-bond donors (Lipinski definition) is 1. The summed E-state index contributed by atoms with van der Waals surface area (Å²) in [4.78, 5) is 0. The summed E-state index contributed by atoms with van der Waals surface area (Å²) >= 11 is 15.7. The van der Waals surface area contributed by atoms with E-state index >= 15 is 0 Å². The number of nitrogens with one attached hydrogen (secondary N) is 1. The first kappa shape index (κ1) is 14.9. The summed E-state index contributed by atoms with van der Waals surface area (Å²) < 4.78 is 1.10. The molecule has 0 aromatic heterocycles. The van der Waals surface area contributed by atoms with Gasteiger partial charge in [0.1, 0.15) is 0 Å². The van der Waals surface area contributed by atoms with E-state index in [1.165, 1.54) is 5.56 Å². The fourth-order valence-electron chi connectivity index (χ4n) is 1.88. The molecule has 0 unspecified atom stereocenters. The van der Waals surface area contributed by atoms with Gasteiger partial charge in [0.25, 0.3) is 0 Å². The Kier molecular flexibility index (Phi) is 5.28. The molecule has 19 heavy (non-hydrogen) atoms. The molecule has 1 atom stereocenters. The van der Waals surface area contributed by atoms with E-state index in [4.69, 9.17) is 23.2 Å². The zero-order chi connectivity index (χ0) is 13.8. The van der Waals surface area contributed by atoms with Crippen molar-refractivity contribution >= 4 is 39.1 Å². The van der Waals surface area contributed by atoms with Crippen molar-refractivity contribution in [3.05, 3.63) is 68.1 Å². The van der Waals surface area contributed by atoms with Gasteiger partial charge in [-0.05, 0) is 42.3 Å². The molecule has 0 aliphatic carbocycles. The van der Waals surface area contributed by atoms with Gasteiger partial charge >= 0.3 is 0 Å². The normalized spacial score (nSPS) is 12.4. The zero-order valence-electron chi connectivity index (χ0n) is 10.5. The lowest BCUT2D eigenvalue weighted by Crippen LogP contribution is -2.18. The van der Waals surface area contributed by atoms with E-state index in [-0.39, 0.29) is 6.04 Å². The summed E-state index contributed by atoms with van der Waals surface area (Å²) in [6, 6.07) is 13.9. The molecule has 2 rings (SSSR count). The lowest BCUT2D eigenvalue weighted by Gasteiger charge is -2.16. The molecular weight excluding hydrogens is 345 g/mol. The van der Waals surface area contributed by atoms with Crippen LogP contribution in [-0.4, -0.2) is 0 Å². The molecule has 0 bridgehead atoms. The van der Waals surface area contributed by atoms with Crippen LogP contribution < -0.4 is 5.32 Å². The molecule has 1 N–H and O–H groups in total. The molecule has 0 radical (unpaired) electrons.